The van der Waals surface area contributed by atoms with Gasteiger partial charge in [0.15, 0.2) is 0 Å². The number of methoxy groups -OCH3 is 2. The number of hydrogen-bond acceptors (Lipinski definition) is 5. The van der Waals surface area contributed by atoms with Gasteiger partial charge in [-0.25, -0.2) is 0 Å². The summed E-state index contributed by atoms with van der Waals surface area (Å²) in [7, 11) is 3.06. The molecule has 0 unspecified atom stereocenters. The fourth-order valence-electron chi connectivity index (χ4n) is 2.07. The van der Waals surface area contributed by atoms with Crippen LogP contribution >= 0.6 is 11.3 Å². The summed E-state index contributed by atoms with van der Waals surface area (Å²) < 4.78 is 10.3. The van der Waals surface area contributed by atoms with Crippen molar-refractivity contribution < 1.29 is 19.1 Å². The van der Waals surface area contributed by atoms with Gasteiger partial charge in [-0.2, -0.15) is 0 Å². The Bertz CT molecular complexity index is 686. The zero-order valence-electron chi connectivity index (χ0n) is 13.6. The van der Waals surface area contributed by atoms with E-state index in [1.54, 1.807) is 31.4 Å². The molecule has 2 aromatic rings. The molecule has 24 heavy (non-hydrogen) atoms. The van der Waals surface area contributed by atoms with E-state index in [2.05, 4.69) is 10.6 Å². The van der Waals surface area contributed by atoms with Crippen LogP contribution in [0.5, 0.6) is 11.5 Å². The quantitative estimate of drug-likeness (QED) is 0.718. The number of carbonyl (C=O) groups is 2. The van der Waals surface area contributed by atoms with Gasteiger partial charge in [-0.1, -0.05) is 6.07 Å². The molecule has 0 aliphatic carbocycles. The van der Waals surface area contributed by atoms with Gasteiger partial charge in [-0.05, 0) is 30.0 Å². The monoisotopic (exact) mass is 348 g/mol. The van der Waals surface area contributed by atoms with Crippen molar-refractivity contribution in [3.63, 3.8) is 0 Å². The molecular formula is C17H20N2O4S. The van der Waals surface area contributed by atoms with E-state index in [0.29, 0.717) is 41.4 Å². The van der Waals surface area contributed by atoms with Gasteiger partial charge in [-0.15, -0.1) is 11.3 Å². The van der Waals surface area contributed by atoms with Gasteiger partial charge < -0.3 is 20.1 Å². The second-order valence-electron chi connectivity index (χ2n) is 4.91. The molecule has 0 spiro atoms. The summed E-state index contributed by atoms with van der Waals surface area (Å²) >= 11 is 1.40. The lowest BCUT2D eigenvalue weighted by molar-refractivity contribution is 0.0950. The molecule has 0 bridgehead atoms. The molecule has 0 radical (unpaired) electrons. The number of rotatable bonds is 8. The second kappa shape index (κ2) is 8.93. The van der Waals surface area contributed by atoms with E-state index in [1.165, 1.54) is 18.4 Å². The molecule has 0 saturated heterocycles. The first-order valence-electron chi connectivity index (χ1n) is 7.47. The maximum atomic E-state index is 12.2. The van der Waals surface area contributed by atoms with Crippen LogP contribution in [0, 0.1) is 0 Å². The molecule has 0 atom stereocenters. The summed E-state index contributed by atoms with van der Waals surface area (Å²) in [6.45, 7) is 0.954. The highest BCUT2D eigenvalue weighted by atomic mass is 32.1. The first-order chi connectivity index (χ1) is 11.7. The standard InChI is InChI=1S/C17H20N2O4S/c1-22-12-6-7-13(14(11-12)23-2)16(20)18-8-4-9-19-17(21)15-5-3-10-24-15/h3,5-7,10-11H,4,8-9H2,1-2H3,(H,18,20)(H,19,21). The normalized spacial score (nSPS) is 10.1. The third kappa shape index (κ3) is 4.73. The highest BCUT2D eigenvalue weighted by Gasteiger charge is 2.12. The van der Waals surface area contributed by atoms with Crippen LogP contribution in [0.4, 0.5) is 0 Å². The highest BCUT2D eigenvalue weighted by molar-refractivity contribution is 7.12. The van der Waals surface area contributed by atoms with E-state index in [0.717, 1.165) is 0 Å². The summed E-state index contributed by atoms with van der Waals surface area (Å²) in [6, 6.07) is 8.64. The topological polar surface area (TPSA) is 76.7 Å². The zero-order chi connectivity index (χ0) is 17.4. The largest absolute Gasteiger partial charge is 0.497 e. The number of ether oxygens (including phenoxy) is 2. The highest BCUT2D eigenvalue weighted by Crippen LogP contribution is 2.24. The van der Waals surface area contributed by atoms with Crippen molar-refractivity contribution in [3.8, 4) is 11.5 Å². The Morgan fingerprint density at radius 3 is 2.42 bits per heavy atom. The van der Waals surface area contributed by atoms with Crippen molar-refractivity contribution in [2.24, 2.45) is 0 Å². The first kappa shape index (κ1) is 17.8. The first-order valence-corrected chi connectivity index (χ1v) is 8.35. The zero-order valence-corrected chi connectivity index (χ0v) is 14.4. The van der Waals surface area contributed by atoms with Gasteiger partial charge in [0.05, 0.1) is 24.7 Å². The van der Waals surface area contributed by atoms with Crippen LogP contribution in [0.3, 0.4) is 0 Å². The van der Waals surface area contributed by atoms with Crippen LogP contribution in [-0.2, 0) is 0 Å². The molecular weight excluding hydrogens is 328 g/mol. The van der Waals surface area contributed by atoms with Gasteiger partial charge >= 0.3 is 0 Å². The molecule has 2 N–H and O–H groups in total. The second-order valence-corrected chi connectivity index (χ2v) is 5.86. The molecule has 0 saturated carbocycles. The summed E-state index contributed by atoms with van der Waals surface area (Å²) in [4.78, 5) is 24.6. The van der Waals surface area contributed by atoms with Crippen LogP contribution in [0.1, 0.15) is 26.5 Å². The summed E-state index contributed by atoms with van der Waals surface area (Å²) in [6.07, 6.45) is 0.640. The van der Waals surface area contributed by atoms with E-state index < -0.39 is 0 Å². The van der Waals surface area contributed by atoms with E-state index in [9.17, 15) is 9.59 Å². The number of carbonyl (C=O) groups excluding carboxylic acids is 2. The predicted octanol–water partition coefficient (Wildman–Crippen LogP) is 2.32. The maximum absolute atomic E-state index is 12.2. The minimum Gasteiger partial charge on any atom is -0.497 e. The molecule has 0 aliphatic rings. The number of hydrogen-bond donors (Lipinski definition) is 2. The van der Waals surface area contributed by atoms with Gasteiger partial charge in [0.1, 0.15) is 11.5 Å². The Labute approximate surface area is 144 Å². The van der Waals surface area contributed by atoms with E-state index in [1.807, 2.05) is 11.4 Å². The minimum atomic E-state index is -0.223. The lowest BCUT2D eigenvalue weighted by atomic mass is 10.1. The third-order valence-electron chi connectivity index (χ3n) is 3.32. The number of benzene rings is 1. The fourth-order valence-corrected chi connectivity index (χ4v) is 2.71. The molecule has 0 aliphatic heterocycles. The van der Waals surface area contributed by atoms with E-state index in [4.69, 9.17) is 9.47 Å². The van der Waals surface area contributed by atoms with Crippen molar-refractivity contribution in [1.82, 2.24) is 10.6 Å². The van der Waals surface area contributed by atoms with Crippen molar-refractivity contribution in [2.45, 2.75) is 6.42 Å². The van der Waals surface area contributed by atoms with Gasteiger partial charge in [0, 0.05) is 19.2 Å². The Morgan fingerprint density at radius 2 is 1.79 bits per heavy atom. The van der Waals surface area contributed by atoms with Crippen LogP contribution in [0.15, 0.2) is 35.7 Å². The van der Waals surface area contributed by atoms with Gasteiger partial charge in [-0.3, -0.25) is 9.59 Å². The third-order valence-corrected chi connectivity index (χ3v) is 4.19. The lowest BCUT2D eigenvalue weighted by Crippen LogP contribution is -2.29. The maximum Gasteiger partial charge on any atom is 0.261 e. The van der Waals surface area contributed by atoms with Crippen molar-refractivity contribution >= 4 is 23.2 Å². The Morgan fingerprint density at radius 1 is 1.04 bits per heavy atom. The summed E-state index contributed by atoms with van der Waals surface area (Å²) in [5.74, 6) is 0.768. The van der Waals surface area contributed by atoms with Crippen LogP contribution in [0.25, 0.3) is 0 Å². The van der Waals surface area contributed by atoms with E-state index in [-0.39, 0.29) is 11.8 Å². The molecule has 7 heteroatoms. The Balaban J connectivity index is 1.76. The summed E-state index contributed by atoms with van der Waals surface area (Å²) in [5, 5.41) is 7.48. The lowest BCUT2D eigenvalue weighted by Gasteiger charge is -2.11. The smallest absolute Gasteiger partial charge is 0.261 e. The Hall–Kier alpha value is -2.54. The molecule has 1 aromatic carbocycles. The minimum absolute atomic E-state index is 0.0897. The Kier molecular flexibility index (Phi) is 6.62. The summed E-state index contributed by atoms with van der Waals surface area (Å²) in [5.41, 5.74) is 0.445. The molecule has 1 heterocycles. The van der Waals surface area contributed by atoms with Gasteiger partial charge in [0.25, 0.3) is 11.8 Å². The molecule has 2 amide bonds. The number of nitrogens with one attached hydrogen (secondary N) is 2. The van der Waals surface area contributed by atoms with Crippen molar-refractivity contribution in [2.75, 3.05) is 27.3 Å². The van der Waals surface area contributed by atoms with Crippen molar-refractivity contribution in [3.05, 3.63) is 46.2 Å². The van der Waals surface area contributed by atoms with Gasteiger partial charge in [0.2, 0.25) is 0 Å². The van der Waals surface area contributed by atoms with E-state index >= 15 is 0 Å². The number of amides is 2. The molecule has 6 nitrogen and oxygen atoms in total. The average Bonchev–Trinajstić information content (AvgIpc) is 3.15. The van der Waals surface area contributed by atoms with Crippen LogP contribution in [-0.4, -0.2) is 39.1 Å². The van der Waals surface area contributed by atoms with Crippen LogP contribution in [0.2, 0.25) is 0 Å². The fraction of sp³-hybridized carbons (Fsp3) is 0.294. The number of thiophene rings is 1. The average molecular weight is 348 g/mol. The van der Waals surface area contributed by atoms with Crippen molar-refractivity contribution in [1.29, 1.82) is 0 Å². The molecule has 2 rings (SSSR count). The van der Waals surface area contributed by atoms with Crippen LogP contribution < -0.4 is 20.1 Å². The molecule has 0 fully saturated rings. The molecule has 128 valence electrons. The predicted molar refractivity (Wildman–Crippen MR) is 93.1 cm³/mol. The molecule has 1 aromatic heterocycles. The SMILES string of the molecule is COc1ccc(C(=O)NCCCNC(=O)c2cccs2)c(OC)c1.